The number of hydrogen-bond donors (Lipinski definition) is 2. The van der Waals surface area contributed by atoms with Crippen LogP contribution in [0, 0.1) is 5.92 Å². The number of nitrogens with one attached hydrogen (secondary N) is 2. The summed E-state index contributed by atoms with van der Waals surface area (Å²) in [6.45, 7) is 3.95. The molecule has 0 saturated heterocycles. The van der Waals surface area contributed by atoms with Gasteiger partial charge in [-0.3, -0.25) is 23.9 Å². The largest absolute Gasteiger partial charge is 0.486 e. The minimum Gasteiger partial charge on any atom is -0.486 e. The van der Waals surface area contributed by atoms with E-state index in [0.717, 1.165) is 16.2 Å². The number of carbonyl (C=O) groups is 2. The number of H-pyrrole nitrogens is 1. The van der Waals surface area contributed by atoms with E-state index < -0.39 is 36.3 Å². The standard InChI is InChI=1S/C20H23N3O7/c1-12(2)19(13-3-4-14-15(9-13)29-8-7-28-14)21-17(25)11-30-18(26)10-23-6-5-16(24)22-20(23)27/h3-6,9,12,19H,7-8,10-11H2,1-2H3,(H,21,25)(H,22,24,27)/t19-/m1/s1. The molecule has 1 amide bonds. The molecule has 10 heteroatoms. The molecule has 0 bridgehead atoms. The first-order chi connectivity index (χ1) is 14.3. The van der Waals surface area contributed by atoms with Crippen LogP contribution >= 0.6 is 0 Å². The van der Waals surface area contributed by atoms with Crippen LogP contribution < -0.4 is 26.0 Å². The number of nitrogens with zero attached hydrogens (tertiary/aromatic N) is 1. The Bertz CT molecular complexity index is 1040. The van der Waals surface area contributed by atoms with Gasteiger partial charge in [-0.05, 0) is 23.6 Å². The van der Waals surface area contributed by atoms with Crippen LogP contribution in [-0.2, 0) is 20.9 Å². The summed E-state index contributed by atoms with van der Waals surface area (Å²) in [5.74, 6) is 0.0825. The Kier molecular flexibility index (Phi) is 6.55. The lowest BCUT2D eigenvalue weighted by Gasteiger charge is -2.25. The zero-order valence-electron chi connectivity index (χ0n) is 16.7. The molecule has 0 saturated carbocycles. The molecule has 1 atom stereocenters. The first-order valence-corrected chi connectivity index (χ1v) is 9.48. The third-order valence-electron chi connectivity index (χ3n) is 4.47. The van der Waals surface area contributed by atoms with Gasteiger partial charge in [0.2, 0.25) is 0 Å². The summed E-state index contributed by atoms with van der Waals surface area (Å²) in [4.78, 5) is 48.9. The number of benzene rings is 1. The third kappa shape index (κ3) is 5.28. The lowest BCUT2D eigenvalue weighted by molar-refractivity contribution is -0.149. The Hall–Kier alpha value is -3.56. The second-order valence-electron chi connectivity index (χ2n) is 7.09. The van der Waals surface area contributed by atoms with Crippen LogP contribution in [0.15, 0.2) is 40.1 Å². The predicted molar refractivity (Wildman–Crippen MR) is 105 cm³/mol. The first kappa shape index (κ1) is 21.2. The van der Waals surface area contributed by atoms with Gasteiger partial charge in [0.15, 0.2) is 18.1 Å². The normalized spacial score (nSPS) is 13.6. The number of hydrogen-bond acceptors (Lipinski definition) is 7. The van der Waals surface area contributed by atoms with Crippen LogP contribution in [0.4, 0.5) is 0 Å². The summed E-state index contributed by atoms with van der Waals surface area (Å²) in [5.41, 5.74) is -0.459. The summed E-state index contributed by atoms with van der Waals surface area (Å²) >= 11 is 0. The summed E-state index contributed by atoms with van der Waals surface area (Å²) in [7, 11) is 0. The summed E-state index contributed by atoms with van der Waals surface area (Å²) in [6, 6.07) is 6.27. The summed E-state index contributed by atoms with van der Waals surface area (Å²) < 4.78 is 17.0. The molecule has 0 aliphatic carbocycles. The SMILES string of the molecule is CC(C)[C@@H](NC(=O)COC(=O)Cn1ccc(=O)[nH]c1=O)c1ccc2c(c1)OCCO2. The molecule has 0 unspecified atom stereocenters. The van der Waals surface area contributed by atoms with E-state index in [0.29, 0.717) is 24.7 Å². The third-order valence-corrected chi connectivity index (χ3v) is 4.47. The Morgan fingerprint density at radius 2 is 1.90 bits per heavy atom. The van der Waals surface area contributed by atoms with Crippen molar-refractivity contribution in [3.8, 4) is 11.5 Å². The van der Waals surface area contributed by atoms with E-state index in [1.807, 2.05) is 31.0 Å². The van der Waals surface area contributed by atoms with Gasteiger partial charge in [-0.25, -0.2) is 4.79 Å². The molecule has 1 aromatic carbocycles. The molecule has 2 aromatic rings. The monoisotopic (exact) mass is 417 g/mol. The second-order valence-corrected chi connectivity index (χ2v) is 7.09. The molecule has 1 aliphatic heterocycles. The van der Waals surface area contributed by atoms with Crippen LogP contribution in [0.1, 0.15) is 25.5 Å². The lowest BCUT2D eigenvalue weighted by Crippen LogP contribution is -2.36. The van der Waals surface area contributed by atoms with E-state index in [1.54, 1.807) is 6.07 Å². The number of fused-ring (bicyclic) bond motifs is 1. The van der Waals surface area contributed by atoms with E-state index in [2.05, 4.69) is 5.32 Å². The highest BCUT2D eigenvalue weighted by Gasteiger charge is 2.22. The molecule has 1 aliphatic rings. The van der Waals surface area contributed by atoms with Crippen LogP contribution in [-0.4, -0.2) is 41.2 Å². The van der Waals surface area contributed by atoms with Crippen LogP contribution in [0.2, 0.25) is 0 Å². The van der Waals surface area contributed by atoms with Crippen molar-refractivity contribution in [2.75, 3.05) is 19.8 Å². The van der Waals surface area contributed by atoms with E-state index >= 15 is 0 Å². The minimum absolute atomic E-state index is 0.0620. The molecule has 1 aromatic heterocycles. The highest BCUT2D eigenvalue weighted by Crippen LogP contribution is 2.34. The Balaban J connectivity index is 1.58. The molecule has 0 fully saturated rings. The zero-order valence-corrected chi connectivity index (χ0v) is 16.7. The fourth-order valence-electron chi connectivity index (χ4n) is 3.00. The van der Waals surface area contributed by atoms with Crippen molar-refractivity contribution >= 4 is 11.9 Å². The van der Waals surface area contributed by atoms with Crippen molar-refractivity contribution in [1.82, 2.24) is 14.9 Å². The second kappa shape index (κ2) is 9.29. The molecule has 2 N–H and O–H groups in total. The van der Waals surface area contributed by atoms with Gasteiger partial charge in [-0.2, -0.15) is 0 Å². The maximum Gasteiger partial charge on any atom is 0.328 e. The topological polar surface area (TPSA) is 129 Å². The van der Waals surface area contributed by atoms with Gasteiger partial charge < -0.3 is 19.5 Å². The number of esters is 1. The van der Waals surface area contributed by atoms with Crippen molar-refractivity contribution in [2.45, 2.75) is 26.4 Å². The number of aromatic nitrogens is 2. The minimum atomic E-state index is -0.778. The van der Waals surface area contributed by atoms with Crippen molar-refractivity contribution in [2.24, 2.45) is 5.92 Å². The number of ether oxygens (including phenoxy) is 3. The van der Waals surface area contributed by atoms with Gasteiger partial charge in [0.1, 0.15) is 19.8 Å². The molecular weight excluding hydrogens is 394 g/mol. The molecule has 10 nitrogen and oxygen atoms in total. The Labute approximate surface area is 171 Å². The zero-order chi connectivity index (χ0) is 21.7. The van der Waals surface area contributed by atoms with Crippen LogP contribution in [0.5, 0.6) is 11.5 Å². The van der Waals surface area contributed by atoms with Crippen molar-refractivity contribution in [1.29, 1.82) is 0 Å². The average Bonchev–Trinajstić information content (AvgIpc) is 2.72. The Morgan fingerprint density at radius 1 is 1.17 bits per heavy atom. The van der Waals surface area contributed by atoms with E-state index in [4.69, 9.17) is 14.2 Å². The van der Waals surface area contributed by atoms with Gasteiger partial charge in [0, 0.05) is 12.3 Å². The molecule has 30 heavy (non-hydrogen) atoms. The number of amides is 1. The van der Waals surface area contributed by atoms with Gasteiger partial charge in [0.25, 0.3) is 11.5 Å². The highest BCUT2D eigenvalue weighted by atomic mass is 16.6. The summed E-state index contributed by atoms with van der Waals surface area (Å²) in [5, 5.41) is 2.85. The molecule has 0 radical (unpaired) electrons. The quantitative estimate of drug-likeness (QED) is 0.623. The average molecular weight is 417 g/mol. The fourth-order valence-corrected chi connectivity index (χ4v) is 3.00. The molecule has 2 heterocycles. The van der Waals surface area contributed by atoms with E-state index in [-0.39, 0.29) is 12.0 Å². The van der Waals surface area contributed by atoms with Crippen LogP contribution in [0.3, 0.4) is 0 Å². The molecular formula is C20H23N3O7. The van der Waals surface area contributed by atoms with Crippen LogP contribution in [0.25, 0.3) is 0 Å². The van der Waals surface area contributed by atoms with Crippen molar-refractivity contribution in [3.63, 3.8) is 0 Å². The lowest BCUT2D eigenvalue weighted by atomic mass is 9.95. The van der Waals surface area contributed by atoms with Gasteiger partial charge in [-0.1, -0.05) is 19.9 Å². The van der Waals surface area contributed by atoms with Gasteiger partial charge >= 0.3 is 11.7 Å². The van der Waals surface area contributed by atoms with Crippen molar-refractivity contribution in [3.05, 3.63) is 56.9 Å². The number of rotatable bonds is 7. The Morgan fingerprint density at radius 3 is 2.60 bits per heavy atom. The highest BCUT2D eigenvalue weighted by molar-refractivity contribution is 5.80. The van der Waals surface area contributed by atoms with E-state index in [9.17, 15) is 19.2 Å². The van der Waals surface area contributed by atoms with E-state index in [1.165, 1.54) is 6.20 Å². The molecule has 3 rings (SSSR count). The fraction of sp³-hybridized carbons (Fsp3) is 0.400. The number of aromatic amines is 1. The van der Waals surface area contributed by atoms with Gasteiger partial charge in [-0.15, -0.1) is 0 Å². The molecule has 0 spiro atoms. The predicted octanol–water partition coefficient (Wildman–Crippen LogP) is 0.364. The summed E-state index contributed by atoms with van der Waals surface area (Å²) in [6.07, 6.45) is 1.18. The van der Waals surface area contributed by atoms with Crippen molar-refractivity contribution < 1.29 is 23.8 Å². The van der Waals surface area contributed by atoms with Gasteiger partial charge in [0.05, 0.1) is 6.04 Å². The number of carbonyl (C=O) groups excluding carboxylic acids is 2. The molecule has 160 valence electrons. The smallest absolute Gasteiger partial charge is 0.328 e. The maximum atomic E-state index is 12.3. The first-order valence-electron chi connectivity index (χ1n) is 9.48. The maximum absolute atomic E-state index is 12.3.